The van der Waals surface area contributed by atoms with Crippen molar-refractivity contribution in [2.75, 3.05) is 26.2 Å². The van der Waals surface area contributed by atoms with Crippen LogP contribution in [0.2, 0.25) is 0 Å². The van der Waals surface area contributed by atoms with Crippen molar-refractivity contribution in [3.05, 3.63) is 0 Å². The molecule has 0 unspecified atom stereocenters. The molecule has 0 radical (unpaired) electrons. The summed E-state index contributed by atoms with van der Waals surface area (Å²) < 4.78 is 4.52. The molecule has 2 N–H and O–H groups in total. The van der Waals surface area contributed by atoms with Gasteiger partial charge in [-0.1, -0.05) is 0 Å². The smallest absolute Gasteiger partial charge is 0.413 e. The minimum atomic E-state index is -0.859. The summed E-state index contributed by atoms with van der Waals surface area (Å²) in [5.74, 6) is -1.75. The fourth-order valence-electron chi connectivity index (χ4n) is 1.38. The van der Waals surface area contributed by atoms with Crippen molar-refractivity contribution >= 4 is 18.0 Å². The van der Waals surface area contributed by atoms with Gasteiger partial charge in [0.25, 0.3) is 0 Å². The quantitative estimate of drug-likeness (QED) is 0.661. The van der Waals surface area contributed by atoms with Crippen LogP contribution in [0.15, 0.2) is 0 Å². The van der Waals surface area contributed by atoms with E-state index in [4.69, 9.17) is 5.11 Å². The summed E-state index contributed by atoms with van der Waals surface area (Å²) in [6.45, 7) is 2.53. The minimum absolute atomic E-state index is 0.0165. The lowest BCUT2D eigenvalue weighted by Crippen LogP contribution is -2.53. The number of carbonyl (C=O) groups excluding carboxylic acids is 2. The number of alkyl carbamates (subject to hydrolysis) is 1. The second-order valence-corrected chi connectivity index (χ2v) is 3.50. The van der Waals surface area contributed by atoms with Gasteiger partial charge in [0.2, 0.25) is 5.91 Å². The first-order chi connectivity index (χ1) is 7.52. The van der Waals surface area contributed by atoms with E-state index >= 15 is 0 Å². The molecular weight excluding hydrogens is 216 g/mol. The lowest BCUT2D eigenvalue weighted by atomic mass is 10.0. The highest BCUT2D eigenvalue weighted by Gasteiger charge is 2.33. The number of imide groups is 1. The molecule has 90 valence electrons. The van der Waals surface area contributed by atoms with Gasteiger partial charge in [-0.25, -0.2) is 4.79 Å². The number of nitrogens with zero attached hydrogens (tertiary/aromatic N) is 1. The normalized spacial score (nSPS) is 16.3. The van der Waals surface area contributed by atoms with Crippen LogP contribution in [0, 0.1) is 5.92 Å². The highest BCUT2D eigenvalue weighted by molar-refractivity contribution is 5.93. The molecule has 0 aromatic rings. The highest BCUT2D eigenvalue weighted by atomic mass is 16.5. The van der Waals surface area contributed by atoms with Crippen LogP contribution in [-0.2, 0) is 14.3 Å². The molecule has 0 atom stereocenters. The van der Waals surface area contributed by atoms with E-state index in [1.807, 2.05) is 5.32 Å². The number of nitrogens with one attached hydrogen (secondary N) is 1. The number of carboxylic acids is 1. The summed E-state index contributed by atoms with van der Waals surface area (Å²) in [4.78, 5) is 34.2. The number of likely N-dealkylation sites (tertiary alicyclic amines) is 1. The van der Waals surface area contributed by atoms with Gasteiger partial charge in [0, 0.05) is 13.1 Å². The fraction of sp³-hybridized carbons (Fsp3) is 0.667. The van der Waals surface area contributed by atoms with E-state index in [2.05, 4.69) is 4.74 Å². The van der Waals surface area contributed by atoms with Crippen molar-refractivity contribution < 1.29 is 24.2 Å². The summed E-state index contributed by atoms with van der Waals surface area (Å²) in [5, 5.41) is 10.6. The Morgan fingerprint density at radius 2 is 2.06 bits per heavy atom. The highest BCUT2D eigenvalue weighted by Crippen LogP contribution is 2.14. The van der Waals surface area contributed by atoms with Gasteiger partial charge in [-0.2, -0.15) is 0 Å². The maximum absolute atomic E-state index is 11.2. The number of amides is 2. The lowest BCUT2D eigenvalue weighted by molar-refractivity contribution is -0.148. The molecule has 7 nitrogen and oxygen atoms in total. The molecule has 1 heterocycles. The number of aliphatic carboxylic acids is 1. The Bertz CT molecular complexity index is 298. The van der Waals surface area contributed by atoms with Crippen molar-refractivity contribution in [2.24, 2.45) is 5.92 Å². The van der Waals surface area contributed by atoms with Gasteiger partial charge in [-0.05, 0) is 6.92 Å². The van der Waals surface area contributed by atoms with Gasteiger partial charge >= 0.3 is 12.1 Å². The molecule has 16 heavy (non-hydrogen) atoms. The molecule has 1 saturated heterocycles. The third kappa shape index (κ3) is 3.50. The Morgan fingerprint density at radius 1 is 1.44 bits per heavy atom. The predicted molar refractivity (Wildman–Crippen MR) is 52.7 cm³/mol. The summed E-state index contributed by atoms with van der Waals surface area (Å²) >= 11 is 0. The Labute approximate surface area is 92.4 Å². The van der Waals surface area contributed by atoms with Crippen molar-refractivity contribution in [1.29, 1.82) is 0 Å². The first-order valence-electron chi connectivity index (χ1n) is 4.94. The van der Waals surface area contributed by atoms with Crippen molar-refractivity contribution in [2.45, 2.75) is 6.92 Å². The average Bonchev–Trinajstić information content (AvgIpc) is 2.10. The molecule has 1 aliphatic heterocycles. The molecule has 0 saturated carbocycles. The van der Waals surface area contributed by atoms with Crippen molar-refractivity contribution in [3.63, 3.8) is 0 Å². The van der Waals surface area contributed by atoms with Crippen LogP contribution in [0.25, 0.3) is 0 Å². The van der Waals surface area contributed by atoms with E-state index in [-0.39, 0.29) is 13.2 Å². The summed E-state index contributed by atoms with van der Waals surface area (Å²) in [7, 11) is 0. The molecule has 1 rings (SSSR count). The van der Waals surface area contributed by atoms with Crippen LogP contribution in [0.1, 0.15) is 6.92 Å². The Balaban J connectivity index is 2.17. The van der Waals surface area contributed by atoms with Gasteiger partial charge in [-0.3, -0.25) is 19.8 Å². The topological polar surface area (TPSA) is 95.9 Å². The van der Waals surface area contributed by atoms with E-state index in [1.165, 1.54) is 0 Å². The Morgan fingerprint density at radius 3 is 2.56 bits per heavy atom. The standard InChI is InChI=1S/C9H14N2O5/c1-2-16-9(15)10-7(12)5-11-3-6(4-11)8(13)14/h6H,2-5H2,1H3,(H,13,14)(H,10,12,15). The van der Waals surface area contributed by atoms with Crippen LogP contribution in [0.3, 0.4) is 0 Å². The average molecular weight is 230 g/mol. The monoisotopic (exact) mass is 230 g/mol. The van der Waals surface area contributed by atoms with Crippen LogP contribution < -0.4 is 5.32 Å². The van der Waals surface area contributed by atoms with Crippen LogP contribution in [0.4, 0.5) is 4.79 Å². The van der Waals surface area contributed by atoms with E-state index in [0.717, 1.165) is 0 Å². The largest absolute Gasteiger partial charge is 0.481 e. The third-order valence-corrected chi connectivity index (χ3v) is 2.19. The molecule has 0 aromatic carbocycles. The van der Waals surface area contributed by atoms with Crippen molar-refractivity contribution in [1.82, 2.24) is 10.2 Å². The molecule has 2 amide bonds. The SMILES string of the molecule is CCOC(=O)NC(=O)CN1CC(C(=O)O)C1. The van der Waals surface area contributed by atoms with Crippen LogP contribution >= 0.6 is 0 Å². The number of hydrogen-bond acceptors (Lipinski definition) is 5. The van der Waals surface area contributed by atoms with Gasteiger partial charge in [0.15, 0.2) is 0 Å². The Kier molecular flexibility index (Phi) is 4.24. The maximum Gasteiger partial charge on any atom is 0.413 e. The summed E-state index contributed by atoms with van der Waals surface area (Å²) in [5.41, 5.74) is 0. The number of hydrogen-bond donors (Lipinski definition) is 2. The van der Waals surface area contributed by atoms with Crippen LogP contribution in [0.5, 0.6) is 0 Å². The Hall–Kier alpha value is -1.63. The van der Waals surface area contributed by atoms with E-state index in [1.54, 1.807) is 11.8 Å². The van der Waals surface area contributed by atoms with Gasteiger partial charge in [0.1, 0.15) is 0 Å². The molecule has 1 aliphatic rings. The second-order valence-electron chi connectivity index (χ2n) is 3.50. The molecule has 0 spiro atoms. The van der Waals surface area contributed by atoms with Gasteiger partial charge in [0.05, 0.1) is 19.1 Å². The van der Waals surface area contributed by atoms with Gasteiger partial charge < -0.3 is 9.84 Å². The molecule has 1 fully saturated rings. The molecule has 0 aromatic heterocycles. The zero-order valence-corrected chi connectivity index (χ0v) is 8.93. The summed E-state index contributed by atoms with van der Waals surface area (Å²) in [6.07, 6.45) is -0.775. The molecular formula is C9H14N2O5. The molecule has 0 aliphatic carbocycles. The van der Waals surface area contributed by atoms with E-state index in [0.29, 0.717) is 13.1 Å². The molecule has 7 heteroatoms. The van der Waals surface area contributed by atoms with Gasteiger partial charge in [-0.15, -0.1) is 0 Å². The van der Waals surface area contributed by atoms with E-state index < -0.39 is 23.9 Å². The first-order valence-corrected chi connectivity index (χ1v) is 4.94. The predicted octanol–water partition coefficient (Wildman–Crippen LogP) is -0.724. The minimum Gasteiger partial charge on any atom is -0.481 e. The lowest BCUT2D eigenvalue weighted by Gasteiger charge is -2.35. The number of rotatable bonds is 4. The third-order valence-electron chi connectivity index (χ3n) is 2.19. The second kappa shape index (κ2) is 5.45. The molecule has 0 bridgehead atoms. The zero-order valence-electron chi connectivity index (χ0n) is 8.93. The fourth-order valence-corrected chi connectivity index (χ4v) is 1.38. The van der Waals surface area contributed by atoms with Crippen LogP contribution in [-0.4, -0.2) is 54.2 Å². The first kappa shape index (κ1) is 12.4. The zero-order chi connectivity index (χ0) is 12.1. The number of carboxylic acid groups (broad SMARTS) is 1. The van der Waals surface area contributed by atoms with Crippen molar-refractivity contribution in [3.8, 4) is 0 Å². The summed E-state index contributed by atoms with van der Waals surface area (Å²) in [6, 6.07) is 0. The number of ether oxygens (including phenoxy) is 1. The maximum atomic E-state index is 11.2. The number of carbonyl (C=O) groups is 3. The van der Waals surface area contributed by atoms with E-state index in [9.17, 15) is 14.4 Å².